The van der Waals surface area contributed by atoms with Crippen molar-refractivity contribution in [3.8, 4) is 0 Å². The topological polar surface area (TPSA) is 54.2 Å². The summed E-state index contributed by atoms with van der Waals surface area (Å²) in [6, 6.07) is 3.68. The first kappa shape index (κ1) is 11.5. The Morgan fingerprint density at radius 1 is 1.64 bits per heavy atom. The van der Waals surface area contributed by atoms with Gasteiger partial charge in [0.2, 0.25) is 0 Å². The van der Waals surface area contributed by atoms with Crippen molar-refractivity contribution < 1.29 is 0 Å². The Kier molecular flexibility index (Phi) is 4.95. The van der Waals surface area contributed by atoms with Gasteiger partial charge in [-0.1, -0.05) is 0 Å². The molecule has 0 aliphatic rings. The summed E-state index contributed by atoms with van der Waals surface area (Å²) in [6.45, 7) is 1.95. The molecule has 0 bridgehead atoms. The first-order valence-electron chi connectivity index (χ1n) is 4.51. The smallest absolute Gasteiger partial charge is 0.149 e. The van der Waals surface area contributed by atoms with Crippen molar-refractivity contribution in [1.82, 2.24) is 8.10 Å². The highest BCUT2D eigenvalue weighted by Gasteiger charge is 1.97. The lowest BCUT2D eigenvalue weighted by Crippen LogP contribution is -2.12. The third-order valence-electron chi connectivity index (χ3n) is 1.77. The number of pyridine rings is 1. The monoisotopic (exact) mass is 306 g/mol. The summed E-state index contributed by atoms with van der Waals surface area (Å²) in [5.41, 5.74) is 6.43. The van der Waals surface area contributed by atoms with Crippen LogP contribution in [0, 0.1) is 0 Å². The molecule has 78 valence electrons. The van der Waals surface area contributed by atoms with E-state index >= 15 is 0 Å². The molecule has 14 heavy (non-hydrogen) atoms. The lowest BCUT2D eigenvalue weighted by atomic mass is 10.3. The summed E-state index contributed by atoms with van der Waals surface area (Å²) in [7, 11) is 2.05. The molecule has 1 rings (SSSR count). The molecule has 1 aromatic rings. The van der Waals surface area contributed by atoms with Gasteiger partial charge in [-0.05, 0) is 25.6 Å². The minimum Gasteiger partial charge on any atom is -0.396 e. The molecular formula is C9H15IN4. The average molecular weight is 306 g/mol. The Morgan fingerprint density at radius 2 is 2.43 bits per heavy atom. The lowest BCUT2D eigenvalue weighted by Gasteiger charge is -2.09. The molecule has 0 saturated heterocycles. The number of nitrogen functional groups attached to an aromatic ring is 1. The Morgan fingerprint density at radius 3 is 3.07 bits per heavy atom. The second kappa shape index (κ2) is 6.02. The number of anilines is 2. The quantitative estimate of drug-likeness (QED) is 0.494. The number of nitrogens with zero attached hydrogens (tertiary/aromatic N) is 2. The Hall–Kier alpha value is -0.560. The van der Waals surface area contributed by atoms with E-state index in [1.807, 2.05) is 12.1 Å². The summed E-state index contributed by atoms with van der Waals surface area (Å²) in [6.07, 6.45) is 2.82. The highest BCUT2D eigenvalue weighted by Crippen LogP contribution is 2.12. The van der Waals surface area contributed by atoms with Crippen LogP contribution in [0.4, 0.5) is 11.5 Å². The molecule has 0 unspecified atom stereocenters. The molecule has 0 amide bonds. The summed E-state index contributed by atoms with van der Waals surface area (Å²) in [4.78, 5) is 4.14. The van der Waals surface area contributed by atoms with E-state index in [9.17, 15) is 0 Å². The number of nitrogens with one attached hydrogen (secondary N) is 1. The molecular weight excluding hydrogens is 291 g/mol. The summed E-state index contributed by atoms with van der Waals surface area (Å²) < 4.78 is 2.13. The van der Waals surface area contributed by atoms with E-state index in [0.717, 1.165) is 25.3 Å². The zero-order chi connectivity index (χ0) is 10.4. The summed E-state index contributed by atoms with van der Waals surface area (Å²) in [5, 5.41) is 3.20. The fourth-order valence-corrected chi connectivity index (χ4v) is 1.41. The van der Waals surface area contributed by atoms with Crippen molar-refractivity contribution in [3.05, 3.63) is 18.3 Å². The van der Waals surface area contributed by atoms with Crippen LogP contribution in [-0.2, 0) is 0 Å². The van der Waals surface area contributed by atoms with Gasteiger partial charge in [0.25, 0.3) is 0 Å². The molecule has 0 aromatic carbocycles. The molecule has 0 aliphatic heterocycles. The highest BCUT2D eigenvalue weighted by atomic mass is 127. The number of rotatable bonds is 5. The van der Waals surface area contributed by atoms with Crippen molar-refractivity contribution in [1.29, 1.82) is 0 Å². The minimum atomic E-state index is 0.704. The Bertz CT molecular complexity index is 277. The molecule has 0 spiro atoms. The first-order chi connectivity index (χ1) is 6.70. The standard InChI is InChI=1S/C9H15IN4/c1-14(10)7-3-6-13-9-8(11)4-2-5-12-9/h2,4-5H,3,6-7,11H2,1H3,(H,12,13). The van der Waals surface area contributed by atoms with Gasteiger partial charge in [-0.15, -0.1) is 0 Å². The molecule has 0 saturated carbocycles. The number of halogens is 1. The van der Waals surface area contributed by atoms with Crippen LogP contribution in [0.3, 0.4) is 0 Å². The lowest BCUT2D eigenvalue weighted by molar-refractivity contribution is 0.590. The Balaban J connectivity index is 2.28. The fourth-order valence-electron chi connectivity index (χ4n) is 1.07. The third-order valence-corrected chi connectivity index (χ3v) is 2.26. The van der Waals surface area contributed by atoms with Gasteiger partial charge in [-0.3, -0.25) is 3.11 Å². The summed E-state index contributed by atoms with van der Waals surface area (Å²) in [5.74, 6) is 0.781. The molecule has 0 fully saturated rings. The van der Waals surface area contributed by atoms with Crippen LogP contribution in [0.2, 0.25) is 0 Å². The largest absolute Gasteiger partial charge is 0.396 e. The third kappa shape index (κ3) is 4.10. The second-order valence-electron chi connectivity index (χ2n) is 3.05. The fraction of sp³-hybridized carbons (Fsp3) is 0.444. The number of nitrogens with two attached hydrogens (primary N) is 1. The van der Waals surface area contributed by atoms with E-state index in [1.165, 1.54) is 0 Å². The number of aromatic nitrogens is 1. The van der Waals surface area contributed by atoms with E-state index in [-0.39, 0.29) is 0 Å². The van der Waals surface area contributed by atoms with Gasteiger partial charge >= 0.3 is 0 Å². The van der Waals surface area contributed by atoms with Crippen LogP contribution < -0.4 is 11.1 Å². The van der Waals surface area contributed by atoms with Crippen LogP contribution in [0.1, 0.15) is 6.42 Å². The molecule has 1 aromatic heterocycles. The van der Waals surface area contributed by atoms with Crippen LogP contribution >= 0.6 is 22.9 Å². The molecule has 4 nitrogen and oxygen atoms in total. The van der Waals surface area contributed by atoms with Gasteiger partial charge in [0.15, 0.2) is 0 Å². The van der Waals surface area contributed by atoms with Crippen LogP contribution in [0.25, 0.3) is 0 Å². The van der Waals surface area contributed by atoms with E-state index in [0.29, 0.717) is 5.69 Å². The van der Waals surface area contributed by atoms with Crippen molar-refractivity contribution in [2.24, 2.45) is 0 Å². The van der Waals surface area contributed by atoms with Gasteiger partial charge in [0, 0.05) is 42.2 Å². The van der Waals surface area contributed by atoms with Gasteiger partial charge in [0.05, 0.1) is 5.69 Å². The minimum absolute atomic E-state index is 0.704. The predicted molar refractivity (Wildman–Crippen MR) is 68.4 cm³/mol. The normalized spacial score (nSPS) is 10.5. The van der Waals surface area contributed by atoms with Crippen LogP contribution in [-0.4, -0.2) is 28.2 Å². The summed E-state index contributed by atoms with van der Waals surface area (Å²) >= 11 is 2.27. The van der Waals surface area contributed by atoms with E-state index in [1.54, 1.807) is 6.20 Å². The van der Waals surface area contributed by atoms with Crippen LogP contribution in [0.15, 0.2) is 18.3 Å². The van der Waals surface area contributed by atoms with Crippen molar-refractivity contribution >= 4 is 34.4 Å². The molecule has 5 heteroatoms. The van der Waals surface area contributed by atoms with Crippen molar-refractivity contribution in [3.63, 3.8) is 0 Å². The molecule has 0 radical (unpaired) electrons. The second-order valence-corrected chi connectivity index (χ2v) is 4.70. The zero-order valence-electron chi connectivity index (χ0n) is 8.20. The molecule has 1 heterocycles. The maximum absolute atomic E-state index is 5.73. The van der Waals surface area contributed by atoms with Gasteiger partial charge in [0.1, 0.15) is 5.82 Å². The Labute approximate surface area is 98.4 Å². The zero-order valence-corrected chi connectivity index (χ0v) is 10.4. The van der Waals surface area contributed by atoms with Gasteiger partial charge in [-0.25, -0.2) is 4.98 Å². The highest BCUT2D eigenvalue weighted by molar-refractivity contribution is 14.1. The SMILES string of the molecule is CN(I)CCCNc1ncccc1N. The first-order valence-corrected chi connectivity index (χ1v) is 5.48. The number of hydrogen-bond donors (Lipinski definition) is 2. The van der Waals surface area contributed by atoms with Crippen molar-refractivity contribution in [2.45, 2.75) is 6.42 Å². The predicted octanol–water partition coefficient (Wildman–Crippen LogP) is 1.75. The molecule has 0 aliphatic carbocycles. The van der Waals surface area contributed by atoms with Crippen molar-refractivity contribution in [2.75, 3.05) is 31.2 Å². The molecule has 3 N–H and O–H groups in total. The van der Waals surface area contributed by atoms with Gasteiger partial charge in [-0.2, -0.15) is 0 Å². The van der Waals surface area contributed by atoms with Crippen LogP contribution in [0.5, 0.6) is 0 Å². The van der Waals surface area contributed by atoms with Gasteiger partial charge < -0.3 is 11.1 Å². The maximum Gasteiger partial charge on any atom is 0.149 e. The van der Waals surface area contributed by atoms with E-state index < -0.39 is 0 Å². The van der Waals surface area contributed by atoms with E-state index in [2.05, 4.69) is 43.3 Å². The average Bonchev–Trinajstić information content (AvgIpc) is 2.15. The molecule has 0 atom stereocenters. The number of hydrogen-bond acceptors (Lipinski definition) is 4. The van der Waals surface area contributed by atoms with E-state index in [4.69, 9.17) is 5.73 Å². The maximum atomic E-state index is 5.73.